The molecule has 0 amide bonds. The first kappa shape index (κ1) is 12.8. The second-order valence-electron chi connectivity index (χ2n) is 4.11. The van der Waals surface area contributed by atoms with Crippen LogP contribution in [0, 0.1) is 5.82 Å². The highest BCUT2D eigenvalue weighted by Crippen LogP contribution is 2.15. The lowest BCUT2D eigenvalue weighted by molar-refractivity contribution is 0.559. The Bertz CT molecular complexity index is 456. The fourth-order valence-corrected chi connectivity index (χ4v) is 1.16. The third-order valence-corrected chi connectivity index (χ3v) is 4.45. The van der Waals surface area contributed by atoms with Crippen LogP contribution < -0.4 is 5.32 Å². The largest absolute Gasteiger partial charge is 0.353 e. The van der Waals surface area contributed by atoms with Crippen LogP contribution in [0.2, 0.25) is 0 Å². The van der Waals surface area contributed by atoms with Crippen LogP contribution in [0.15, 0.2) is 12.4 Å². The quantitative estimate of drug-likeness (QED) is 0.854. The molecule has 0 bridgehead atoms. The number of aromatic nitrogens is 2. The van der Waals surface area contributed by atoms with Crippen molar-refractivity contribution in [1.82, 2.24) is 9.97 Å². The molecule has 0 radical (unpaired) electrons. The normalized spacial score (nSPS) is 12.5. The summed E-state index contributed by atoms with van der Waals surface area (Å²) in [4.78, 5) is 7.34. The molecule has 0 saturated carbocycles. The number of hydrogen-bond donors (Lipinski definition) is 1. The minimum Gasteiger partial charge on any atom is -0.353 e. The molecule has 0 fully saturated rings. The van der Waals surface area contributed by atoms with Gasteiger partial charge in [0.05, 0.1) is 17.1 Å². The van der Waals surface area contributed by atoms with Gasteiger partial charge in [-0.05, 0) is 13.8 Å². The summed E-state index contributed by atoms with van der Waals surface area (Å²) in [5.74, 6) is -0.328. The molecule has 0 aliphatic rings. The molecule has 0 saturated heterocycles. The smallest absolute Gasteiger partial charge is 0.222 e. The second-order valence-corrected chi connectivity index (χ2v) is 6.76. The lowest BCUT2D eigenvalue weighted by Gasteiger charge is -2.22. The molecule has 16 heavy (non-hydrogen) atoms. The van der Waals surface area contributed by atoms with Gasteiger partial charge in [-0.3, -0.25) is 0 Å². The Morgan fingerprint density at radius 2 is 1.88 bits per heavy atom. The van der Waals surface area contributed by atoms with E-state index in [1.54, 1.807) is 13.8 Å². The van der Waals surface area contributed by atoms with Crippen LogP contribution in [0.5, 0.6) is 0 Å². The van der Waals surface area contributed by atoms with Crippen molar-refractivity contribution in [3.8, 4) is 0 Å². The Balaban J connectivity index is 2.68. The summed E-state index contributed by atoms with van der Waals surface area (Å²) >= 11 is 0. The Morgan fingerprint density at radius 1 is 1.38 bits per heavy atom. The maximum atomic E-state index is 12.5. The summed E-state index contributed by atoms with van der Waals surface area (Å²) < 4.78 is 34.4. The summed E-state index contributed by atoms with van der Waals surface area (Å²) in [6.45, 7) is 3.36. The number of nitrogens with zero attached hydrogens (tertiary/aromatic N) is 2. The van der Waals surface area contributed by atoms with Gasteiger partial charge < -0.3 is 5.32 Å². The van der Waals surface area contributed by atoms with Gasteiger partial charge in [-0.25, -0.2) is 22.8 Å². The first-order chi connectivity index (χ1) is 7.22. The zero-order valence-corrected chi connectivity index (χ0v) is 10.2. The first-order valence-electron chi connectivity index (χ1n) is 4.63. The van der Waals surface area contributed by atoms with E-state index in [0.29, 0.717) is 0 Å². The van der Waals surface area contributed by atoms with Gasteiger partial charge in [0, 0.05) is 12.8 Å². The van der Waals surface area contributed by atoms with Gasteiger partial charge >= 0.3 is 0 Å². The molecule has 0 aromatic carbocycles. The standard InChI is InChI=1S/C9H14FN3O2S/c1-9(2,16(3,14)15)6-13-8-11-4-7(10)5-12-8/h4-5H,6H2,1-3H3,(H,11,12,13). The van der Waals surface area contributed by atoms with E-state index in [2.05, 4.69) is 15.3 Å². The minimum absolute atomic E-state index is 0.164. The predicted molar refractivity (Wildman–Crippen MR) is 59.4 cm³/mol. The average molecular weight is 247 g/mol. The fourth-order valence-electron chi connectivity index (χ4n) is 0.827. The third kappa shape index (κ3) is 3.13. The van der Waals surface area contributed by atoms with E-state index in [9.17, 15) is 12.8 Å². The first-order valence-corrected chi connectivity index (χ1v) is 6.52. The molecule has 0 unspecified atom stereocenters. The lowest BCUT2D eigenvalue weighted by Crippen LogP contribution is -2.38. The number of rotatable bonds is 4. The zero-order valence-electron chi connectivity index (χ0n) is 9.36. The van der Waals surface area contributed by atoms with Gasteiger partial charge in [-0.2, -0.15) is 0 Å². The Hall–Kier alpha value is -1.24. The average Bonchev–Trinajstić information content (AvgIpc) is 2.15. The molecule has 90 valence electrons. The van der Waals surface area contributed by atoms with Crippen LogP contribution in [0.25, 0.3) is 0 Å². The van der Waals surface area contributed by atoms with Gasteiger partial charge in [0.2, 0.25) is 5.95 Å². The highest BCUT2D eigenvalue weighted by atomic mass is 32.2. The summed E-state index contributed by atoms with van der Waals surface area (Å²) in [7, 11) is -3.17. The van der Waals surface area contributed by atoms with Crippen molar-refractivity contribution >= 4 is 15.8 Å². The number of hydrogen-bond acceptors (Lipinski definition) is 5. The predicted octanol–water partition coefficient (Wildman–Crippen LogP) is 0.851. The molecule has 0 aliphatic heterocycles. The number of halogens is 1. The SMILES string of the molecule is CC(C)(CNc1ncc(F)cn1)S(C)(=O)=O. The van der Waals surface area contributed by atoms with Gasteiger partial charge in [-0.1, -0.05) is 0 Å². The van der Waals surface area contributed by atoms with Crippen LogP contribution in [-0.2, 0) is 9.84 Å². The maximum Gasteiger partial charge on any atom is 0.222 e. The van der Waals surface area contributed by atoms with Crippen LogP contribution in [0.1, 0.15) is 13.8 Å². The van der Waals surface area contributed by atoms with Gasteiger partial charge in [0.15, 0.2) is 15.7 Å². The Kier molecular flexibility index (Phi) is 3.47. The molecule has 1 aromatic heterocycles. The summed E-state index contributed by atoms with van der Waals surface area (Å²) in [5, 5.41) is 2.75. The summed E-state index contributed by atoms with van der Waals surface area (Å²) in [6, 6.07) is 0. The van der Waals surface area contributed by atoms with E-state index in [1.165, 1.54) is 6.26 Å². The zero-order chi connectivity index (χ0) is 12.4. The summed E-state index contributed by atoms with van der Waals surface area (Å²) in [6.07, 6.45) is 3.20. The second kappa shape index (κ2) is 4.32. The highest BCUT2D eigenvalue weighted by Gasteiger charge is 2.29. The molecule has 1 rings (SSSR count). The lowest BCUT2D eigenvalue weighted by atomic mass is 10.2. The van der Waals surface area contributed by atoms with Gasteiger partial charge in [0.1, 0.15) is 0 Å². The topological polar surface area (TPSA) is 72.0 Å². The minimum atomic E-state index is -3.17. The highest BCUT2D eigenvalue weighted by molar-refractivity contribution is 7.92. The van der Waals surface area contributed by atoms with Gasteiger partial charge in [-0.15, -0.1) is 0 Å². The molecule has 0 aliphatic carbocycles. The van der Waals surface area contributed by atoms with E-state index in [1.807, 2.05) is 0 Å². The number of sulfone groups is 1. The molecule has 1 heterocycles. The molecule has 0 atom stereocenters. The number of nitrogens with one attached hydrogen (secondary N) is 1. The van der Waals surface area contributed by atoms with Gasteiger partial charge in [0.25, 0.3) is 0 Å². The van der Waals surface area contributed by atoms with Crippen LogP contribution in [0.3, 0.4) is 0 Å². The van der Waals surface area contributed by atoms with E-state index in [4.69, 9.17) is 0 Å². The van der Waals surface area contributed by atoms with E-state index < -0.39 is 20.4 Å². The van der Waals surface area contributed by atoms with Crippen molar-refractivity contribution in [2.75, 3.05) is 18.1 Å². The monoisotopic (exact) mass is 247 g/mol. The Labute approximate surface area is 94.0 Å². The van der Waals surface area contributed by atoms with Crippen molar-refractivity contribution in [1.29, 1.82) is 0 Å². The van der Waals surface area contributed by atoms with E-state index in [0.717, 1.165) is 12.4 Å². The van der Waals surface area contributed by atoms with E-state index in [-0.39, 0.29) is 12.5 Å². The molecule has 1 aromatic rings. The molecule has 5 nitrogen and oxygen atoms in total. The van der Waals surface area contributed by atoms with E-state index >= 15 is 0 Å². The molecule has 0 spiro atoms. The van der Waals surface area contributed by atoms with Crippen molar-refractivity contribution < 1.29 is 12.8 Å². The van der Waals surface area contributed by atoms with Crippen LogP contribution >= 0.6 is 0 Å². The van der Waals surface area contributed by atoms with Crippen LogP contribution in [0.4, 0.5) is 10.3 Å². The van der Waals surface area contributed by atoms with Crippen LogP contribution in [-0.4, -0.2) is 35.9 Å². The summed E-state index contributed by atoms with van der Waals surface area (Å²) in [5.41, 5.74) is 0. The molecule has 1 N–H and O–H groups in total. The van der Waals surface area contributed by atoms with Crippen molar-refractivity contribution in [3.63, 3.8) is 0 Å². The molecular formula is C9H14FN3O2S. The third-order valence-electron chi connectivity index (χ3n) is 2.30. The van der Waals surface area contributed by atoms with Crippen molar-refractivity contribution in [2.24, 2.45) is 0 Å². The Morgan fingerprint density at radius 3 is 2.31 bits per heavy atom. The molecular weight excluding hydrogens is 233 g/mol. The van der Waals surface area contributed by atoms with Crippen molar-refractivity contribution in [2.45, 2.75) is 18.6 Å². The molecule has 7 heteroatoms. The van der Waals surface area contributed by atoms with Crippen molar-refractivity contribution in [3.05, 3.63) is 18.2 Å². The fraction of sp³-hybridized carbons (Fsp3) is 0.556. The maximum absolute atomic E-state index is 12.5. The number of anilines is 1.